The molecule has 4 nitrogen and oxygen atoms in total. The Bertz CT molecular complexity index is 553. The van der Waals surface area contributed by atoms with E-state index in [9.17, 15) is 9.18 Å². The molecule has 6 heteroatoms. The minimum atomic E-state index is -0.415. The summed E-state index contributed by atoms with van der Waals surface area (Å²) in [6, 6.07) is 6.75. The summed E-state index contributed by atoms with van der Waals surface area (Å²) in [6.07, 6.45) is 4.43. The number of ether oxygens (including phenoxy) is 1. The van der Waals surface area contributed by atoms with Crippen molar-refractivity contribution in [2.75, 3.05) is 32.8 Å². The van der Waals surface area contributed by atoms with Gasteiger partial charge in [0, 0.05) is 32.8 Å². The summed E-state index contributed by atoms with van der Waals surface area (Å²) in [5, 5.41) is 0. The molecule has 0 atom stereocenters. The van der Waals surface area contributed by atoms with E-state index in [-0.39, 0.29) is 24.1 Å². The molecule has 0 bridgehead atoms. The minimum Gasteiger partial charge on any atom is -0.381 e. The zero-order valence-electron chi connectivity index (χ0n) is 14.6. The topological polar surface area (TPSA) is 55.6 Å². The van der Waals surface area contributed by atoms with Crippen molar-refractivity contribution in [3.63, 3.8) is 0 Å². The molecule has 2 N–H and O–H groups in total. The number of nitrogens with two attached hydrogens (primary N) is 1. The lowest BCUT2D eigenvalue weighted by molar-refractivity contribution is -0.148. The van der Waals surface area contributed by atoms with E-state index in [4.69, 9.17) is 10.5 Å². The highest BCUT2D eigenvalue weighted by atomic mass is 35.5. The Labute approximate surface area is 155 Å². The number of carbonyl (C=O) groups is 1. The number of benzene rings is 1. The van der Waals surface area contributed by atoms with Gasteiger partial charge in [-0.15, -0.1) is 12.4 Å². The predicted octanol–water partition coefficient (Wildman–Crippen LogP) is 2.78. The van der Waals surface area contributed by atoms with Crippen LogP contribution in [0.1, 0.15) is 31.2 Å². The lowest BCUT2D eigenvalue weighted by atomic mass is 9.78. The fourth-order valence-corrected chi connectivity index (χ4v) is 3.90. The average Bonchev–Trinajstić information content (AvgIpc) is 2.64. The third-order valence-electron chi connectivity index (χ3n) is 5.63. The molecule has 0 radical (unpaired) electrons. The summed E-state index contributed by atoms with van der Waals surface area (Å²) >= 11 is 0. The number of likely N-dealkylation sites (tertiary alicyclic amines) is 1. The quantitative estimate of drug-likeness (QED) is 0.886. The lowest BCUT2D eigenvalue weighted by Gasteiger charge is -2.41. The summed E-state index contributed by atoms with van der Waals surface area (Å²) in [5.41, 5.74) is 6.71. The standard InChI is InChI=1S/C19H27FN2O2.ClH/c20-17-3-1-15(2-4-17)13-16-5-9-22(10-6-16)18(23)19(14-21)7-11-24-12-8-19;/h1-4,16H,5-14,21H2;1H. The van der Waals surface area contributed by atoms with Crippen LogP contribution in [0.5, 0.6) is 0 Å². The van der Waals surface area contributed by atoms with Crippen molar-refractivity contribution in [3.8, 4) is 0 Å². The summed E-state index contributed by atoms with van der Waals surface area (Å²) in [4.78, 5) is 15.0. The monoisotopic (exact) mass is 370 g/mol. The van der Waals surface area contributed by atoms with Crippen molar-refractivity contribution in [3.05, 3.63) is 35.6 Å². The van der Waals surface area contributed by atoms with Crippen molar-refractivity contribution < 1.29 is 13.9 Å². The van der Waals surface area contributed by atoms with Gasteiger partial charge in [-0.3, -0.25) is 4.79 Å². The third-order valence-corrected chi connectivity index (χ3v) is 5.63. The van der Waals surface area contributed by atoms with Crippen LogP contribution in [0.4, 0.5) is 4.39 Å². The fraction of sp³-hybridized carbons (Fsp3) is 0.632. The number of amides is 1. The van der Waals surface area contributed by atoms with E-state index in [0.29, 0.717) is 25.7 Å². The van der Waals surface area contributed by atoms with Crippen LogP contribution < -0.4 is 5.73 Å². The van der Waals surface area contributed by atoms with Gasteiger partial charge in [-0.25, -0.2) is 4.39 Å². The molecule has 2 heterocycles. The molecule has 0 aromatic heterocycles. The van der Waals surface area contributed by atoms with Crippen molar-refractivity contribution in [1.82, 2.24) is 4.90 Å². The average molecular weight is 371 g/mol. The van der Waals surface area contributed by atoms with Crippen molar-refractivity contribution in [2.45, 2.75) is 32.1 Å². The van der Waals surface area contributed by atoms with Gasteiger partial charge in [-0.2, -0.15) is 0 Å². The largest absolute Gasteiger partial charge is 0.381 e. The molecule has 140 valence electrons. The summed E-state index contributed by atoms with van der Waals surface area (Å²) in [5.74, 6) is 0.583. The first-order chi connectivity index (χ1) is 11.6. The van der Waals surface area contributed by atoms with E-state index in [1.165, 1.54) is 17.7 Å². The predicted molar refractivity (Wildman–Crippen MR) is 98.2 cm³/mol. The van der Waals surface area contributed by atoms with E-state index in [1.54, 1.807) is 0 Å². The highest BCUT2D eigenvalue weighted by Crippen LogP contribution is 2.33. The molecular weight excluding hydrogens is 343 g/mol. The molecule has 2 aliphatic heterocycles. The van der Waals surface area contributed by atoms with Gasteiger partial charge in [0.2, 0.25) is 5.91 Å². The second-order valence-corrected chi connectivity index (χ2v) is 7.16. The molecule has 2 saturated heterocycles. The Morgan fingerprint density at radius 1 is 1.20 bits per heavy atom. The number of rotatable bonds is 4. The zero-order valence-corrected chi connectivity index (χ0v) is 15.4. The Kier molecular flexibility index (Phi) is 7.23. The van der Waals surface area contributed by atoms with Crippen molar-refractivity contribution >= 4 is 18.3 Å². The van der Waals surface area contributed by atoms with E-state index in [2.05, 4.69) is 0 Å². The summed E-state index contributed by atoms with van der Waals surface area (Å²) in [6.45, 7) is 3.26. The van der Waals surface area contributed by atoms with Crippen LogP contribution in [0, 0.1) is 17.2 Å². The third kappa shape index (κ3) is 4.72. The summed E-state index contributed by atoms with van der Waals surface area (Å²) < 4.78 is 18.4. The molecule has 0 aliphatic carbocycles. The van der Waals surface area contributed by atoms with Crippen LogP contribution in [-0.2, 0) is 16.0 Å². The van der Waals surface area contributed by atoms with Gasteiger partial charge in [0.15, 0.2) is 0 Å². The van der Waals surface area contributed by atoms with Crippen LogP contribution in [-0.4, -0.2) is 43.7 Å². The number of halogens is 2. The highest BCUT2D eigenvalue weighted by Gasteiger charge is 2.42. The number of hydrogen-bond donors (Lipinski definition) is 1. The fourth-order valence-electron chi connectivity index (χ4n) is 3.90. The normalized spacial score (nSPS) is 20.8. The first kappa shape index (κ1) is 20.1. The first-order valence-corrected chi connectivity index (χ1v) is 8.95. The number of piperidine rings is 1. The van der Waals surface area contributed by atoms with Gasteiger partial charge >= 0.3 is 0 Å². The van der Waals surface area contributed by atoms with Gasteiger partial charge < -0.3 is 15.4 Å². The second-order valence-electron chi connectivity index (χ2n) is 7.16. The van der Waals surface area contributed by atoms with Crippen LogP contribution in [0.2, 0.25) is 0 Å². The van der Waals surface area contributed by atoms with E-state index in [1.807, 2.05) is 17.0 Å². The molecule has 0 saturated carbocycles. The molecule has 0 unspecified atom stereocenters. The lowest BCUT2D eigenvalue weighted by Crippen LogP contribution is -2.52. The molecule has 1 aromatic carbocycles. The van der Waals surface area contributed by atoms with Gasteiger partial charge in [-0.05, 0) is 55.7 Å². The number of hydrogen-bond acceptors (Lipinski definition) is 3. The van der Waals surface area contributed by atoms with Crippen LogP contribution in [0.15, 0.2) is 24.3 Å². The molecule has 25 heavy (non-hydrogen) atoms. The second kappa shape index (κ2) is 8.97. The van der Waals surface area contributed by atoms with Gasteiger partial charge in [0.1, 0.15) is 5.82 Å². The molecule has 3 rings (SSSR count). The molecule has 1 amide bonds. The SMILES string of the molecule is Cl.NCC1(C(=O)N2CCC(Cc3ccc(F)cc3)CC2)CCOCC1. The Balaban J connectivity index is 0.00000225. The maximum absolute atomic E-state index is 13.0. The Morgan fingerprint density at radius 3 is 2.36 bits per heavy atom. The van der Waals surface area contributed by atoms with Gasteiger partial charge in [-0.1, -0.05) is 12.1 Å². The van der Waals surface area contributed by atoms with Crippen molar-refractivity contribution in [1.29, 1.82) is 0 Å². The van der Waals surface area contributed by atoms with Gasteiger partial charge in [0.25, 0.3) is 0 Å². The van der Waals surface area contributed by atoms with Crippen molar-refractivity contribution in [2.24, 2.45) is 17.1 Å². The minimum absolute atomic E-state index is 0. The molecule has 0 spiro atoms. The van der Waals surface area contributed by atoms with E-state index in [0.717, 1.165) is 45.2 Å². The summed E-state index contributed by atoms with van der Waals surface area (Å²) in [7, 11) is 0. The Morgan fingerprint density at radius 2 is 1.80 bits per heavy atom. The van der Waals surface area contributed by atoms with Gasteiger partial charge in [0.05, 0.1) is 5.41 Å². The molecule has 2 fully saturated rings. The maximum Gasteiger partial charge on any atom is 0.230 e. The maximum atomic E-state index is 13.0. The molecule has 1 aromatic rings. The smallest absolute Gasteiger partial charge is 0.230 e. The highest BCUT2D eigenvalue weighted by molar-refractivity contribution is 5.85. The van der Waals surface area contributed by atoms with Crippen LogP contribution >= 0.6 is 12.4 Å². The molecule has 2 aliphatic rings. The zero-order chi connectivity index (χ0) is 17.0. The van der Waals surface area contributed by atoms with E-state index >= 15 is 0 Å². The Hall–Kier alpha value is -1.17. The van der Waals surface area contributed by atoms with Crippen LogP contribution in [0.25, 0.3) is 0 Å². The number of carbonyl (C=O) groups excluding carboxylic acids is 1. The molecular formula is C19H28ClFN2O2. The van der Waals surface area contributed by atoms with E-state index < -0.39 is 5.41 Å². The number of nitrogens with zero attached hydrogens (tertiary/aromatic N) is 1. The first-order valence-electron chi connectivity index (χ1n) is 8.95. The van der Waals surface area contributed by atoms with Crippen LogP contribution in [0.3, 0.4) is 0 Å².